The third kappa shape index (κ3) is 2.45. The number of hydrogen-bond acceptors (Lipinski definition) is 5. The van der Waals surface area contributed by atoms with Crippen LogP contribution in [0.2, 0.25) is 0 Å². The van der Waals surface area contributed by atoms with E-state index in [1.165, 1.54) is 7.05 Å². The zero-order chi connectivity index (χ0) is 19.3. The fourth-order valence-electron chi connectivity index (χ4n) is 3.70. The highest BCUT2D eigenvalue weighted by Crippen LogP contribution is 2.34. The van der Waals surface area contributed by atoms with E-state index >= 15 is 0 Å². The van der Waals surface area contributed by atoms with Crippen LogP contribution in [0.1, 0.15) is 11.3 Å². The number of aromatic amines is 1. The summed E-state index contributed by atoms with van der Waals surface area (Å²) in [6.45, 7) is 1.14. The molecule has 1 aliphatic heterocycles. The second-order valence-electron chi connectivity index (χ2n) is 6.86. The molecule has 3 aromatic heterocycles. The first-order chi connectivity index (χ1) is 13.6. The molecule has 0 spiro atoms. The summed E-state index contributed by atoms with van der Waals surface area (Å²) in [6, 6.07) is 13.7. The van der Waals surface area contributed by atoms with Crippen LogP contribution in [0.3, 0.4) is 0 Å². The van der Waals surface area contributed by atoms with E-state index in [1.807, 2.05) is 47.4 Å². The molecule has 1 N–H and O–H groups in total. The van der Waals surface area contributed by atoms with Crippen molar-refractivity contribution in [2.24, 2.45) is 7.05 Å². The third-order valence-corrected chi connectivity index (χ3v) is 5.14. The standard InChI is InChI=1S/C20H18N6O2/c1-24-19(27)16-17(22-20(24)28)26(12-13-6-3-2-4-7-13)23-18(16)25-11-9-14-15(25)8-5-10-21-14/h2-8,10H,9,11-12H2,1H3,(H,22,28). The average Bonchev–Trinajstić information content (AvgIpc) is 3.29. The Bertz CT molecular complexity index is 1300. The lowest BCUT2D eigenvalue weighted by molar-refractivity contribution is 0.694. The quantitative estimate of drug-likeness (QED) is 0.588. The number of benzene rings is 1. The lowest BCUT2D eigenvalue weighted by Crippen LogP contribution is -2.33. The molecule has 0 saturated heterocycles. The van der Waals surface area contributed by atoms with Gasteiger partial charge in [0.15, 0.2) is 5.82 Å². The van der Waals surface area contributed by atoms with Crippen molar-refractivity contribution in [2.45, 2.75) is 13.0 Å². The molecule has 1 aliphatic rings. The zero-order valence-corrected chi connectivity index (χ0v) is 15.3. The molecule has 0 aliphatic carbocycles. The number of fused-ring (bicyclic) bond motifs is 2. The van der Waals surface area contributed by atoms with Crippen molar-refractivity contribution in [3.63, 3.8) is 0 Å². The highest BCUT2D eigenvalue weighted by atomic mass is 16.2. The van der Waals surface area contributed by atoms with E-state index in [1.54, 1.807) is 10.9 Å². The minimum absolute atomic E-state index is 0.356. The van der Waals surface area contributed by atoms with Crippen LogP contribution in [-0.4, -0.2) is 30.9 Å². The number of rotatable bonds is 3. The molecule has 0 fully saturated rings. The maximum absolute atomic E-state index is 13.0. The van der Waals surface area contributed by atoms with Crippen LogP contribution in [-0.2, 0) is 20.0 Å². The van der Waals surface area contributed by atoms with E-state index in [4.69, 9.17) is 5.10 Å². The minimum Gasteiger partial charge on any atom is -0.322 e. The first-order valence-corrected chi connectivity index (χ1v) is 9.08. The van der Waals surface area contributed by atoms with Gasteiger partial charge in [0.2, 0.25) is 0 Å². The van der Waals surface area contributed by atoms with Crippen LogP contribution >= 0.6 is 0 Å². The number of anilines is 2. The number of nitrogens with zero attached hydrogens (tertiary/aromatic N) is 5. The summed E-state index contributed by atoms with van der Waals surface area (Å²) >= 11 is 0. The minimum atomic E-state index is -0.457. The van der Waals surface area contributed by atoms with Crippen molar-refractivity contribution in [3.8, 4) is 0 Å². The molecule has 0 amide bonds. The lowest BCUT2D eigenvalue weighted by Gasteiger charge is -2.16. The van der Waals surface area contributed by atoms with Crippen molar-refractivity contribution in [3.05, 3.63) is 80.8 Å². The van der Waals surface area contributed by atoms with Crippen LogP contribution < -0.4 is 16.1 Å². The molecule has 8 heteroatoms. The molecule has 0 unspecified atom stereocenters. The van der Waals surface area contributed by atoms with Gasteiger partial charge in [-0.15, -0.1) is 0 Å². The van der Waals surface area contributed by atoms with Crippen molar-refractivity contribution < 1.29 is 0 Å². The van der Waals surface area contributed by atoms with E-state index in [0.29, 0.717) is 29.9 Å². The molecule has 0 radical (unpaired) electrons. The fourth-order valence-corrected chi connectivity index (χ4v) is 3.70. The van der Waals surface area contributed by atoms with Gasteiger partial charge in [-0.2, -0.15) is 5.10 Å². The average molecular weight is 374 g/mol. The molecule has 0 bridgehead atoms. The van der Waals surface area contributed by atoms with Crippen LogP contribution in [0.4, 0.5) is 11.5 Å². The molecule has 4 aromatic rings. The highest BCUT2D eigenvalue weighted by Gasteiger charge is 2.28. The molecule has 0 saturated carbocycles. The number of H-pyrrole nitrogens is 1. The van der Waals surface area contributed by atoms with Crippen molar-refractivity contribution in [2.75, 3.05) is 11.4 Å². The summed E-state index contributed by atoms with van der Waals surface area (Å²) in [6.07, 6.45) is 2.55. The van der Waals surface area contributed by atoms with Crippen molar-refractivity contribution in [1.29, 1.82) is 0 Å². The largest absolute Gasteiger partial charge is 0.329 e. The molecular weight excluding hydrogens is 356 g/mol. The fraction of sp³-hybridized carbons (Fsp3) is 0.200. The van der Waals surface area contributed by atoms with Gasteiger partial charge in [0, 0.05) is 26.2 Å². The summed E-state index contributed by atoms with van der Waals surface area (Å²) in [4.78, 5) is 34.4. The van der Waals surface area contributed by atoms with Gasteiger partial charge in [0.25, 0.3) is 5.56 Å². The van der Waals surface area contributed by atoms with Gasteiger partial charge in [0.1, 0.15) is 11.0 Å². The number of nitrogens with one attached hydrogen (secondary N) is 1. The Hall–Kier alpha value is -3.68. The van der Waals surface area contributed by atoms with Gasteiger partial charge in [0.05, 0.1) is 17.9 Å². The second-order valence-corrected chi connectivity index (χ2v) is 6.86. The summed E-state index contributed by atoms with van der Waals surface area (Å²) < 4.78 is 2.78. The Morgan fingerprint density at radius 3 is 2.75 bits per heavy atom. The van der Waals surface area contributed by atoms with E-state index in [2.05, 4.69) is 9.97 Å². The van der Waals surface area contributed by atoms with E-state index < -0.39 is 5.69 Å². The van der Waals surface area contributed by atoms with Crippen molar-refractivity contribution >= 4 is 22.5 Å². The monoisotopic (exact) mass is 374 g/mol. The van der Waals surface area contributed by atoms with Gasteiger partial charge >= 0.3 is 5.69 Å². The molecule has 5 rings (SSSR count). The van der Waals surface area contributed by atoms with Crippen molar-refractivity contribution in [1.82, 2.24) is 24.3 Å². The Labute approximate surface area is 159 Å². The highest BCUT2D eigenvalue weighted by molar-refractivity contribution is 5.90. The topological polar surface area (TPSA) is 88.8 Å². The van der Waals surface area contributed by atoms with Gasteiger partial charge in [-0.05, 0) is 17.7 Å². The summed E-state index contributed by atoms with van der Waals surface area (Å²) in [5.41, 5.74) is 2.58. The van der Waals surface area contributed by atoms with Crippen LogP contribution in [0.15, 0.2) is 58.3 Å². The Balaban J connectivity index is 1.75. The summed E-state index contributed by atoms with van der Waals surface area (Å²) in [5.74, 6) is 0.550. The predicted molar refractivity (Wildman–Crippen MR) is 106 cm³/mol. The molecular formula is C20H18N6O2. The first kappa shape index (κ1) is 16.5. The molecule has 1 aromatic carbocycles. The Morgan fingerprint density at radius 1 is 1.11 bits per heavy atom. The number of aromatic nitrogens is 5. The normalized spacial score (nSPS) is 13.2. The maximum atomic E-state index is 13.0. The zero-order valence-electron chi connectivity index (χ0n) is 15.3. The van der Waals surface area contributed by atoms with E-state index in [9.17, 15) is 9.59 Å². The number of pyridine rings is 1. The Morgan fingerprint density at radius 2 is 1.93 bits per heavy atom. The van der Waals surface area contributed by atoms with E-state index in [-0.39, 0.29) is 5.56 Å². The van der Waals surface area contributed by atoms with Crippen LogP contribution in [0, 0.1) is 0 Å². The Kier molecular flexibility index (Phi) is 3.65. The van der Waals surface area contributed by atoms with Gasteiger partial charge < -0.3 is 4.90 Å². The van der Waals surface area contributed by atoms with E-state index in [0.717, 1.165) is 27.9 Å². The maximum Gasteiger partial charge on any atom is 0.329 e. The summed E-state index contributed by atoms with van der Waals surface area (Å²) in [5, 5.41) is 5.15. The second kappa shape index (κ2) is 6.19. The summed E-state index contributed by atoms with van der Waals surface area (Å²) in [7, 11) is 1.47. The molecule has 28 heavy (non-hydrogen) atoms. The molecule has 0 atom stereocenters. The molecule has 8 nitrogen and oxygen atoms in total. The van der Waals surface area contributed by atoms with Gasteiger partial charge in [-0.3, -0.25) is 19.3 Å². The predicted octanol–water partition coefficient (Wildman–Crippen LogP) is 1.56. The SMILES string of the molecule is Cn1c(=O)[nH]c2c(c(N3CCc4ncccc43)nn2Cc2ccccc2)c1=O. The molecule has 4 heterocycles. The van der Waals surface area contributed by atoms with Gasteiger partial charge in [-0.1, -0.05) is 30.3 Å². The smallest absolute Gasteiger partial charge is 0.322 e. The van der Waals surface area contributed by atoms with Crippen LogP contribution in [0.25, 0.3) is 11.0 Å². The molecule has 140 valence electrons. The third-order valence-electron chi connectivity index (χ3n) is 5.14. The van der Waals surface area contributed by atoms with Gasteiger partial charge in [-0.25, -0.2) is 9.48 Å². The van der Waals surface area contributed by atoms with Crippen LogP contribution in [0.5, 0.6) is 0 Å². The number of hydrogen-bond donors (Lipinski definition) is 1. The lowest BCUT2D eigenvalue weighted by atomic mass is 10.2. The first-order valence-electron chi connectivity index (χ1n) is 9.08.